The third kappa shape index (κ3) is 3.59. The van der Waals surface area contributed by atoms with Crippen LogP contribution in [0.3, 0.4) is 0 Å². The predicted octanol–water partition coefficient (Wildman–Crippen LogP) is 8.02. The average Bonchev–Trinajstić information content (AvgIpc) is 3.60. The van der Waals surface area contributed by atoms with Crippen LogP contribution in [0.1, 0.15) is 0 Å². The van der Waals surface area contributed by atoms with Crippen LogP contribution in [0, 0.1) is 6.57 Å². The van der Waals surface area contributed by atoms with Crippen molar-refractivity contribution in [2.75, 3.05) is 62.4 Å². The average molecular weight is 554 g/mol. The molecule has 0 saturated carbocycles. The second-order valence-corrected chi connectivity index (χ2v) is 11.3. The van der Waals surface area contributed by atoms with Crippen molar-refractivity contribution in [2.45, 2.75) is 0 Å². The monoisotopic (exact) mass is 553 g/mol. The van der Waals surface area contributed by atoms with Crippen molar-refractivity contribution < 1.29 is 18.3 Å². The lowest BCUT2D eigenvalue weighted by atomic mass is 10.0. The summed E-state index contributed by atoms with van der Waals surface area (Å²) in [4.78, 5) is 8.67. The maximum absolute atomic E-state index is 8.06. The van der Waals surface area contributed by atoms with E-state index in [4.69, 9.17) is 24.9 Å². The van der Waals surface area contributed by atoms with Crippen LogP contribution in [-0.4, -0.2) is 52.6 Å². The SMILES string of the molecule is [C-]#[N+]c1cc2c3cc4ccc(N5CCOCC5)cc4cc3oc2c2oc3cc4cc(N5CCOCC5)ccc4cc3c12. The number of ether oxygens (including phenoxy) is 2. The van der Waals surface area contributed by atoms with Crippen LogP contribution in [0.15, 0.2) is 75.6 Å². The Balaban J connectivity index is 1.23. The molecule has 9 rings (SSSR count). The minimum Gasteiger partial charge on any atom is -0.453 e. The summed E-state index contributed by atoms with van der Waals surface area (Å²) < 4.78 is 24.1. The van der Waals surface area contributed by atoms with Crippen molar-refractivity contribution in [3.63, 3.8) is 0 Å². The topological polar surface area (TPSA) is 55.6 Å². The summed E-state index contributed by atoms with van der Waals surface area (Å²) >= 11 is 0. The van der Waals surface area contributed by atoms with Gasteiger partial charge in [0.1, 0.15) is 11.2 Å². The standard InChI is InChI=1S/C35H27N3O4/c1-36-30-20-28-27-16-21-2-4-25(37-6-10-39-11-7-37)14-23(21)18-31(27)41-34(28)35-33(30)29-17-22-3-5-26(38-8-12-40-13-9-38)15-24(22)19-32(29)42-35/h2-5,14-20H,6-13H2. The third-order valence-electron chi connectivity index (χ3n) is 8.92. The van der Waals surface area contributed by atoms with E-state index in [0.29, 0.717) is 16.9 Å². The van der Waals surface area contributed by atoms with Crippen LogP contribution in [0.2, 0.25) is 0 Å². The van der Waals surface area contributed by atoms with E-state index in [-0.39, 0.29) is 0 Å². The number of rotatable bonds is 2. The van der Waals surface area contributed by atoms with Gasteiger partial charge in [0, 0.05) is 59.1 Å². The molecular weight excluding hydrogens is 526 g/mol. The summed E-state index contributed by atoms with van der Waals surface area (Å²) in [6.07, 6.45) is 0. The van der Waals surface area contributed by atoms with Gasteiger partial charge in [-0.05, 0) is 76.1 Å². The zero-order valence-corrected chi connectivity index (χ0v) is 23.0. The molecule has 0 aliphatic carbocycles. The van der Waals surface area contributed by atoms with E-state index in [0.717, 1.165) is 107 Å². The van der Waals surface area contributed by atoms with Crippen molar-refractivity contribution in [1.29, 1.82) is 0 Å². The molecule has 0 amide bonds. The maximum atomic E-state index is 8.06. The molecule has 7 nitrogen and oxygen atoms in total. The number of furan rings is 2. The van der Waals surface area contributed by atoms with Crippen molar-refractivity contribution in [3.8, 4) is 0 Å². The summed E-state index contributed by atoms with van der Waals surface area (Å²) in [6, 6.07) is 23.6. The van der Waals surface area contributed by atoms with Gasteiger partial charge in [-0.2, -0.15) is 0 Å². The van der Waals surface area contributed by atoms with Gasteiger partial charge in [-0.15, -0.1) is 0 Å². The molecule has 0 atom stereocenters. The molecule has 5 aromatic carbocycles. The van der Waals surface area contributed by atoms with E-state index < -0.39 is 0 Å². The zero-order chi connectivity index (χ0) is 27.8. The molecule has 4 heterocycles. The number of anilines is 2. The molecule has 0 spiro atoms. The van der Waals surface area contributed by atoms with Gasteiger partial charge in [0.25, 0.3) is 0 Å². The van der Waals surface area contributed by atoms with E-state index in [1.807, 2.05) is 6.07 Å². The summed E-state index contributed by atoms with van der Waals surface area (Å²) in [5.74, 6) is 0. The molecule has 0 N–H and O–H groups in total. The van der Waals surface area contributed by atoms with Gasteiger partial charge in [-0.1, -0.05) is 12.1 Å². The number of nitrogens with zero attached hydrogens (tertiary/aromatic N) is 3. The molecule has 2 saturated heterocycles. The van der Waals surface area contributed by atoms with E-state index in [1.165, 1.54) is 11.4 Å². The second kappa shape index (κ2) is 9.12. The van der Waals surface area contributed by atoms with E-state index in [1.54, 1.807) is 0 Å². The van der Waals surface area contributed by atoms with Gasteiger partial charge >= 0.3 is 0 Å². The van der Waals surface area contributed by atoms with Crippen LogP contribution in [0.5, 0.6) is 0 Å². The lowest BCUT2D eigenvalue weighted by molar-refractivity contribution is 0.122. The molecule has 2 aliphatic heterocycles. The van der Waals surface area contributed by atoms with Crippen LogP contribution in [-0.2, 0) is 9.47 Å². The number of fused-ring (bicyclic) bond motifs is 9. The van der Waals surface area contributed by atoms with E-state index >= 15 is 0 Å². The fourth-order valence-electron chi connectivity index (χ4n) is 6.73. The Hall–Kier alpha value is -4.77. The van der Waals surface area contributed by atoms with Crippen molar-refractivity contribution in [1.82, 2.24) is 0 Å². The molecule has 206 valence electrons. The van der Waals surface area contributed by atoms with Gasteiger partial charge in [0.2, 0.25) is 0 Å². The van der Waals surface area contributed by atoms with Gasteiger partial charge in [-0.25, -0.2) is 4.85 Å². The minimum absolute atomic E-state index is 0.575. The summed E-state index contributed by atoms with van der Waals surface area (Å²) in [6.45, 7) is 14.6. The first kappa shape index (κ1) is 23.9. The quantitative estimate of drug-likeness (QED) is 0.202. The van der Waals surface area contributed by atoms with Crippen LogP contribution in [0.25, 0.3) is 70.3 Å². The summed E-state index contributed by atoms with van der Waals surface area (Å²) in [5.41, 5.74) is 5.82. The first-order valence-corrected chi connectivity index (χ1v) is 14.5. The lowest BCUT2D eigenvalue weighted by Crippen LogP contribution is -2.36. The summed E-state index contributed by atoms with van der Waals surface area (Å²) in [7, 11) is 0. The Bertz CT molecular complexity index is 2240. The zero-order valence-electron chi connectivity index (χ0n) is 23.0. The molecule has 7 heteroatoms. The molecular formula is C35H27N3O4. The highest BCUT2D eigenvalue weighted by Crippen LogP contribution is 2.45. The number of hydrogen-bond donors (Lipinski definition) is 0. The minimum atomic E-state index is 0.575. The highest BCUT2D eigenvalue weighted by molar-refractivity contribution is 6.25. The maximum Gasteiger partial charge on any atom is 0.199 e. The Morgan fingerprint density at radius 3 is 1.69 bits per heavy atom. The number of morpholine rings is 2. The third-order valence-corrected chi connectivity index (χ3v) is 8.92. The molecule has 42 heavy (non-hydrogen) atoms. The van der Waals surface area contributed by atoms with Crippen LogP contribution < -0.4 is 9.80 Å². The highest BCUT2D eigenvalue weighted by atomic mass is 16.5. The molecule has 0 unspecified atom stereocenters. The molecule has 7 aromatic rings. The smallest absolute Gasteiger partial charge is 0.199 e. The lowest BCUT2D eigenvalue weighted by Gasteiger charge is -2.29. The molecule has 2 aliphatic rings. The highest BCUT2D eigenvalue weighted by Gasteiger charge is 2.21. The van der Waals surface area contributed by atoms with Crippen LogP contribution in [0.4, 0.5) is 17.1 Å². The van der Waals surface area contributed by atoms with E-state index in [9.17, 15) is 0 Å². The fourth-order valence-corrected chi connectivity index (χ4v) is 6.73. The fraction of sp³-hybridized carbons (Fsp3) is 0.229. The van der Waals surface area contributed by atoms with Gasteiger partial charge in [0.05, 0.1) is 33.0 Å². The van der Waals surface area contributed by atoms with Crippen molar-refractivity contribution in [2.24, 2.45) is 0 Å². The predicted molar refractivity (Wildman–Crippen MR) is 168 cm³/mol. The van der Waals surface area contributed by atoms with Crippen molar-refractivity contribution >= 4 is 82.5 Å². The Morgan fingerprint density at radius 1 is 0.548 bits per heavy atom. The van der Waals surface area contributed by atoms with Crippen molar-refractivity contribution in [3.05, 3.63) is 78.1 Å². The first-order valence-electron chi connectivity index (χ1n) is 14.5. The molecule has 0 radical (unpaired) electrons. The molecule has 0 bridgehead atoms. The van der Waals surface area contributed by atoms with E-state index in [2.05, 4.69) is 75.3 Å². The van der Waals surface area contributed by atoms with Crippen LogP contribution >= 0.6 is 0 Å². The first-order chi connectivity index (χ1) is 20.7. The Labute approximate surface area is 241 Å². The van der Waals surface area contributed by atoms with Gasteiger partial charge < -0.3 is 28.1 Å². The molecule has 2 aromatic heterocycles. The molecule has 2 fully saturated rings. The largest absolute Gasteiger partial charge is 0.453 e. The number of hydrogen-bond acceptors (Lipinski definition) is 6. The second-order valence-electron chi connectivity index (χ2n) is 11.3. The number of benzene rings is 5. The normalized spacial score (nSPS) is 16.5. The van der Waals surface area contributed by atoms with Gasteiger partial charge in [-0.3, -0.25) is 0 Å². The Morgan fingerprint density at radius 2 is 1.10 bits per heavy atom. The Kier molecular flexibility index (Phi) is 5.19. The van der Waals surface area contributed by atoms with Gasteiger partial charge in [0.15, 0.2) is 16.9 Å². The summed E-state index contributed by atoms with van der Waals surface area (Å²) in [5, 5.41) is 8.13.